The van der Waals surface area contributed by atoms with Crippen molar-refractivity contribution >= 4 is 0 Å². The number of hydrogen-bond acceptors (Lipinski definition) is 2. The van der Waals surface area contributed by atoms with Crippen LogP contribution in [0.3, 0.4) is 0 Å². The molecular formula is C19H16F2N2. The van der Waals surface area contributed by atoms with Gasteiger partial charge in [-0.15, -0.1) is 0 Å². The van der Waals surface area contributed by atoms with Crippen molar-refractivity contribution in [3.05, 3.63) is 71.3 Å². The molecule has 1 heterocycles. The van der Waals surface area contributed by atoms with Crippen LogP contribution in [0.2, 0.25) is 0 Å². The van der Waals surface area contributed by atoms with E-state index in [-0.39, 0.29) is 5.56 Å². The fourth-order valence-corrected chi connectivity index (χ4v) is 2.51. The highest BCUT2D eigenvalue weighted by Gasteiger charge is 2.11. The summed E-state index contributed by atoms with van der Waals surface area (Å²) in [6.07, 6.45) is 3.53. The fourth-order valence-electron chi connectivity index (χ4n) is 2.51. The van der Waals surface area contributed by atoms with Crippen LogP contribution in [0, 0.1) is 32.4 Å². The number of benzene rings is 2. The summed E-state index contributed by atoms with van der Waals surface area (Å²) in [5, 5.41) is 0. The lowest BCUT2D eigenvalue weighted by Crippen LogP contribution is -1.93. The minimum absolute atomic E-state index is 0.0415. The van der Waals surface area contributed by atoms with Crippen molar-refractivity contribution in [1.29, 1.82) is 0 Å². The first-order chi connectivity index (χ1) is 11.0. The molecule has 4 heteroatoms. The van der Waals surface area contributed by atoms with E-state index in [2.05, 4.69) is 9.97 Å². The second-order valence-corrected chi connectivity index (χ2v) is 5.61. The van der Waals surface area contributed by atoms with Crippen LogP contribution in [0.1, 0.15) is 17.0 Å². The van der Waals surface area contributed by atoms with E-state index in [9.17, 15) is 8.78 Å². The number of rotatable bonds is 2. The molecule has 2 nitrogen and oxygen atoms in total. The van der Waals surface area contributed by atoms with Crippen LogP contribution in [-0.2, 0) is 0 Å². The van der Waals surface area contributed by atoms with Crippen molar-refractivity contribution in [2.45, 2.75) is 20.8 Å². The molecule has 0 spiro atoms. The summed E-state index contributed by atoms with van der Waals surface area (Å²) in [4.78, 5) is 8.38. The lowest BCUT2D eigenvalue weighted by atomic mass is 9.96. The van der Waals surface area contributed by atoms with Crippen LogP contribution in [-0.4, -0.2) is 9.97 Å². The standard InChI is InChI=1S/C19H16F2N2/c1-11-6-14(16-9-22-13(3)23-10-16)4-5-17(11)15-7-18(20)12(2)19(21)8-15/h4-10H,1-3H3. The van der Waals surface area contributed by atoms with Crippen molar-refractivity contribution in [2.75, 3.05) is 0 Å². The number of aromatic nitrogens is 2. The zero-order chi connectivity index (χ0) is 16.6. The minimum Gasteiger partial charge on any atom is -0.241 e. The average molecular weight is 310 g/mol. The summed E-state index contributed by atoms with van der Waals surface area (Å²) >= 11 is 0. The summed E-state index contributed by atoms with van der Waals surface area (Å²) in [5.74, 6) is -0.349. The van der Waals surface area contributed by atoms with Gasteiger partial charge in [-0.1, -0.05) is 18.2 Å². The molecule has 0 aliphatic carbocycles. The van der Waals surface area contributed by atoms with Gasteiger partial charge in [-0.3, -0.25) is 0 Å². The highest BCUT2D eigenvalue weighted by molar-refractivity contribution is 5.73. The molecule has 116 valence electrons. The summed E-state index contributed by atoms with van der Waals surface area (Å²) in [7, 11) is 0. The Morgan fingerprint density at radius 2 is 1.35 bits per heavy atom. The van der Waals surface area contributed by atoms with Gasteiger partial charge >= 0.3 is 0 Å². The van der Waals surface area contributed by atoms with E-state index in [1.165, 1.54) is 19.1 Å². The Labute approximate surface area is 133 Å². The summed E-state index contributed by atoms with van der Waals surface area (Å²) in [6.45, 7) is 5.18. The molecule has 0 atom stereocenters. The van der Waals surface area contributed by atoms with E-state index in [4.69, 9.17) is 0 Å². The smallest absolute Gasteiger partial charge is 0.129 e. The largest absolute Gasteiger partial charge is 0.241 e. The van der Waals surface area contributed by atoms with E-state index < -0.39 is 11.6 Å². The lowest BCUT2D eigenvalue weighted by Gasteiger charge is -2.10. The van der Waals surface area contributed by atoms with E-state index in [0.29, 0.717) is 11.4 Å². The first-order valence-electron chi connectivity index (χ1n) is 7.31. The highest BCUT2D eigenvalue weighted by Crippen LogP contribution is 2.30. The lowest BCUT2D eigenvalue weighted by molar-refractivity contribution is 0.569. The van der Waals surface area contributed by atoms with Gasteiger partial charge in [-0.2, -0.15) is 0 Å². The summed E-state index contributed by atoms with van der Waals surface area (Å²) < 4.78 is 27.6. The first kappa shape index (κ1) is 15.3. The Balaban J connectivity index is 2.04. The summed E-state index contributed by atoms with van der Waals surface area (Å²) in [5.41, 5.74) is 4.20. The third kappa shape index (κ3) is 2.97. The third-order valence-corrected chi connectivity index (χ3v) is 3.93. The van der Waals surface area contributed by atoms with E-state index in [0.717, 1.165) is 22.3 Å². The normalized spacial score (nSPS) is 10.8. The maximum Gasteiger partial charge on any atom is 0.129 e. The number of aryl methyl sites for hydroxylation is 2. The van der Waals surface area contributed by atoms with Gasteiger partial charge in [0.2, 0.25) is 0 Å². The molecule has 0 bridgehead atoms. The zero-order valence-electron chi connectivity index (χ0n) is 13.2. The Morgan fingerprint density at radius 3 is 1.91 bits per heavy atom. The molecule has 0 unspecified atom stereocenters. The second-order valence-electron chi connectivity index (χ2n) is 5.61. The van der Waals surface area contributed by atoms with Gasteiger partial charge in [0.1, 0.15) is 17.5 Å². The van der Waals surface area contributed by atoms with Gasteiger partial charge in [-0.25, -0.2) is 18.7 Å². The SMILES string of the molecule is Cc1ncc(-c2ccc(-c3cc(F)c(C)c(F)c3)c(C)c2)cn1. The molecule has 0 aliphatic heterocycles. The topological polar surface area (TPSA) is 25.8 Å². The Kier molecular flexibility index (Phi) is 3.90. The van der Waals surface area contributed by atoms with Crippen molar-refractivity contribution in [3.8, 4) is 22.3 Å². The van der Waals surface area contributed by atoms with Crippen LogP contribution in [0.25, 0.3) is 22.3 Å². The van der Waals surface area contributed by atoms with Crippen LogP contribution in [0.4, 0.5) is 8.78 Å². The molecule has 0 aliphatic rings. The molecule has 1 aromatic heterocycles. The first-order valence-corrected chi connectivity index (χ1v) is 7.31. The monoisotopic (exact) mass is 310 g/mol. The van der Waals surface area contributed by atoms with Crippen LogP contribution < -0.4 is 0 Å². The quantitative estimate of drug-likeness (QED) is 0.664. The predicted molar refractivity (Wildman–Crippen MR) is 87.0 cm³/mol. The van der Waals surface area contributed by atoms with E-state index in [1.807, 2.05) is 32.0 Å². The average Bonchev–Trinajstić information content (AvgIpc) is 2.53. The minimum atomic E-state index is -0.532. The molecule has 0 saturated heterocycles. The Morgan fingerprint density at radius 1 is 0.739 bits per heavy atom. The van der Waals surface area contributed by atoms with Crippen LogP contribution in [0.5, 0.6) is 0 Å². The maximum atomic E-state index is 13.8. The molecule has 3 rings (SSSR count). The second kappa shape index (κ2) is 5.88. The number of hydrogen-bond donors (Lipinski definition) is 0. The fraction of sp³-hybridized carbons (Fsp3) is 0.158. The molecule has 3 aromatic rings. The molecular weight excluding hydrogens is 294 g/mol. The molecule has 0 fully saturated rings. The number of nitrogens with zero attached hydrogens (tertiary/aromatic N) is 2. The maximum absolute atomic E-state index is 13.8. The van der Waals surface area contributed by atoms with Crippen LogP contribution in [0.15, 0.2) is 42.7 Å². The van der Waals surface area contributed by atoms with Gasteiger partial charge in [0.15, 0.2) is 0 Å². The highest BCUT2D eigenvalue weighted by atomic mass is 19.1. The zero-order valence-corrected chi connectivity index (χ0v) is 13.2. The molecule has 2 aromatic carbocycles. The van der Waals surface area contributed by atoms with E-state index >= 15 is 0 Å². The van der Waals surface area contributed by atoms with Gasteiger partial charge in [0.05, 0.1) is 0 Å². The molecule has 0 saturated carbocycles. The Bertz CT molecular complexity index is 848. The van der Waals surface area contributed by atoms with Crippen molar-refractivity contribution in [2.24, 2.45) is 0 Å². The molecule has 0 N–H and O–H groups in total. The van der Waals surface area contributed by atoms with Crippen molar-refractivity contribution in [1.82, 2.24) is 9.97 Å². The Hall–Kier alpha value is -2.62. The molecule has 0 radical (unpaired) electrons. The van der Waals surface area contributed by atoms with Gasteiger partial charge in [-0.05, 0) is 55.2 Å². The van der Waals surface area contributed by atoms with Crippen LogP contribution >= 0.6 is 0 Å². The van der Waals surface area contributed by atoms with Crippen molar-refractivity contribution < 1.29 is 8.78 Å². The van der Waals surface area contributed by atoms with Gasteiger partial charge < -0.3 is 0 Å². The predicted octanol–water partition coefficient (Wildman–Crippen LogP) is 5.01. The number of halogens is 2. The van der Waals surface area contributed by atoms with Gasteiger partial charge in [0.25, 0.3) is 0 Å². The third-order valence-electron chi connectivity index (χ3n) is 3.93. The van der Waals surface area contributed by atoms with Crippen molar-refractivity contribution in [3.63, 3.8) is 0 Å². The van der Waals surface area contributed by atoms with E-state index in [1.54, 1.807) is 12.4 Å². The summed E-state index contributed by atoms with van der Waals surface area (Å²) in [6, 6.07) is 8.49. The molecule has 23 heavy (non-hydrogen) atoms. The van der Waals surface area contributed by atoms with Gasteiger partial charge in [0, 0.05) is 23.5 Å². The molecule has 0 amide bonds.